The Labute approximate surface area is 56.0 Å². The summed E-state index contributed by atoms with van der Waals surface area (Å²) in [6.07, 6.45) is -1.58. The van der Waals surface area contributed by atoms with Crippen molar-refractivity contribution in [2.75, 3.05) is 0 Å². The molecule has 0 bridgehead atoms. The molecule has 0 unspecified atom stereocenters. The molecule has 0 saturated heterocycles. The van der Waals surface area contributed by atoms with Crippen LogP contribution in [0, 0.1) is 0 Å². The Kier molecular flexibility index (Phi) is 13.3. The molecule has 48 valence electrons. The minimum atomic E-state index is -2.33. The highest BCUT2D eigenvalue weighted by Gasteiger charge is 1.88. The largest absolute Gasteiger partial charge is 0.257 e. The third-order valence-electron chi connectivity index (χ3n) is 0.218. The molecule has 0 fully saturated rings. The normalized spacial score (nSPS) is 9.00. The quantitative estimate of drug-likeness (QED) is 0.551. The Bertz CT molecular complexity index is 61.4. The number of hydrogen-bond acceptors (Lipinski definition) is 0. The number of rotatable bonds is 1. The lowest BCUT2D eigenvalue weighted by atomic mass is 10.7. The van der Waals surface area contributed by atoms with E-state index in [0.717, 1.165) is 11.1 Å². The van der Waals surface area contributed by atoms with Gasteiger partial charge in [-0.2, -0.15) is 0 Å². The molecular formula is C5H7BrF2. The Morgan fingerprint density at radius 2 is 1.75 bits per heavy atom. The molecule has 0 radical (unpaired) electrons. The van der Waals surface area contributed by atoms with Crippen LogP contribution in [0.15, 0.2) is 24.2 Å². The Hall–Kier alpha value is -0.180. The number of alkyl halides is 2. The zero-order valence-electron chi connectivity index (χ0n) is 4.28. The van der Waals surface area contributed by atoms with Gasteiger partial charge in [0.25, 0.3) is 6.43 Å². The van der Waals surface area contributed by atoms with Crippen LogP contribution in [0.4, 0.5) is 8.78 Å². The summed E-state index contributed by atoms with van der Waals surface area (Å²) >= 11 is 2.69. The van der Waals surface area contributed by atoms with Gasteiger partial charge in [0.2, 0.25) is 0 Å². The van der Waals surface area contributed by atoms with Crippen LogP contribution >= 0.6 is 15.9 Å². The molecule has 0 aromatic heterocycles. The van der Waals surface area contributed by atoms with E-state index in [4.69, 9.17) is 0 Å². The van der Waals surface area contributed by atoms with Crippen LogP contribution in [0.3, 0.4) is 0 Å². The molecule has 0 N–H and O–H groups in total. The molecule has 0 saturated carbocycles. The Morgan fingerprint density at radius 1 is 1.38 bits per heavy atom. The molecule has 3 heteroatoms. The average Bonchev–Trinajstić information content (AvgIpc) is 1.72. The molecule has 0 aliphatic rings. The maximum atomic E-state index is 10.9. The second-order valence-corrected chi connectivity index (χ2v) is 1.18. The van der Waals surface area contributed by atoms with Crippen molar-refractivity contribution in [3.05, 3.63) is 24.2 Å². The molecule has 0 amide bonds. The first-order valence-electron chi connectivity index (χ1n) is 1.82. The van der Waals surface area contributed by atoms with E-state index >= 15 is 0 Å². The van der Waals surface area contributed by atoms with Crippen LogP contribution < -0.4 is 0 Å². The van der Waals surface area contributed by atoms with Crippen LogP contribution in [0.25, 0.3) is 0 Å². The van der Waals surface area contributed by atoms with Crippen LogP contribution in [0.1, 0.15) is 0 Å². The highest BCUT2D eigenvalue weighted by molar-refractivity contribution is 9.11. The fourth-order valence-corrected chi connectivity index (χ4v) is 0.286. The molecule has 0 aromatic rings. The molecule has 8 heavy (non-hydrogen) atoms. The van der Waals surface area contributed by atoms with Crippen molar-refractivity contribution >= 4 is 15.9 Å². The first-order chi connectivity index (χ1) is 3.77. The van der Waals surface area contributed by atoms with Crippen molar-refractivity contribution in [1.29, 1.82) is 0 Å². The molecule has 0 aliphatic carbocycles. The minimum Gasteiger partial charge on any atom is -0.206 e. The summed E-state index contributed by atoms with van der Waals surface area (Å²) in [5.41, 5.74) is 0. The van der Waals surface area contributed by atoms with Gasteiger partial charge in [-0.3, -0.25) is 0 Å². The van der Waals surface area contributed by atoms with Gasteiger partial charge < -0.3 is 0 Å². The summed E-state index contributed by atoms with van der Waals surface area (Å²) < 4.78 is 21.8. The fraction of sp³-hybridized carbons (Fsp3) is 0.200. The molecule has 0 aromatic carbocycles. The highest BCUT2D eigenvalue weighted by Crippen LogP contribution is 1.94. The van der Waals surface area contributed by atoms with Crippen LogP contribution in [0.5, 0.6) is 0 Å². The summed E-state index contributed by atoms with van der Waals surface area (Å²) in [6.45, 7) is 6.00. The fourth-order valence-electron chi connectivity index (χ4n) is 0.0550. The van der Waals surface area contributed by atoms with E-state index < -0.39 is 6.43 Å². The van der Waals surface area contributed by atoms with Gasteiger partial charge in [-0.15, -0.1) is 13.2 Å². The molecule has 0 spiro atoms. The highest BCUT2D eigenvalue weighted by atomic mass is 79.9. The first-order valence-corrected chi connectivity index (χ1v) is 2.74. The van der Waals surface area contributed by atoms with E-state index in [0.29, 0.717) is 0 Å². The topological polar surface area (TPSA) is 0 Å². The van der Waals surface area contributed by atoms with Gasteiger partial charge in [0, 0.05) is 0 Å². The van der Waals surface area contributed by atoms with Gasteiger partial charge in [-0.05, 0) is 11.1 Å². The van der Waals surface area contributed by atoms with Crippen molar-refractivity contribution in [2.45, 2.75) is 6.43 Å². The average molecular weight is 185 g/mol. The van der Waals surface area contributed by atoms with E-state index in [1.165, 1.54) is 0 Å². The van der Waals surface area contributed by atoms with Crippen LogP contribution in [-0.4, -0.2) is 6.43 Å². The van der Waals surface area contributed by atoms with Crippen molar-refractivity contribution in [2.24, 2.45) is 0 Å². The molecule has 0 atom stereocenters. The van der Waals surface area contributed by atoms with Crippen molar-refractivity contribution in [3.8, 4) is 0 Å². The van der Waals surface area contributed by atoms with Gasteiger partial charge in [-0.1, -0.05) is 15.9 Å². The molecule has 0 rings (SSSR count). The predicted molar refractivity (Wildman–Crippen MR) is 35.3 cm³/mol. The van der Waals surface area contributed by atoms with Crippen LogP contribution in [0.2, 0.25) is 0 Å². The second kappa shape index (κ2) is 9.94. The zero-order valence-corrected chi connectivity index (χ0v) is 5.87. The Balaban J connectivity index is 0. The molecule has 0 aliphatic heterocycles. The molecular weight excluding hydrogens is 178 g/mol. The third kappa shape index (κ3) is 17.0. The monoisotopic (exact) mass is 184 g/mol. The SMILES string of the molecule is C=C.FC(F)C=CBr. The lowest BCUT2D eigenvalue weighted by Gasteiger charge is -1.77. The van der Waals surface area contributed by atoms with E-state index in [-0.39, 0.29) is 0 Å². The molecule has 0 heterocycles. The van der Waals surface area contributed by atoms with Gasteiger partial charge >= 0.3 is 0 Å². The van der Waals surface area contributed by atoms with Gasteiger partial charge in [0.05, 0.1) is 0 Å². The van der Waals surface area contributed by atoms with Gasteiger partial charge in [0.1, 0.15) is 0 Å². The minimum absolute atomic E-state index is 0.750. The number of allylic oxidation sites excluding steroid dienone is 1. The van der Waals surface area contributed by atoms with Crippen molar-refractivity contribution < 1.29 is 8.78 Å². The summed E-state index contributed by atoms with van der Waals surface area (Å²) in [6, 6.07) is 0. The summed E-state index contributed by atoms with van der Waals surface area (Å²) in [5, 5.41) is 0. The van der Waals surface area contributed by atoms with Crippen molar-refractivity contribution in [3.63, 3.8) is 0 Å². The smallest absolute Gasteiger partial charge is 0.206 e. The maximum Gasteiger partial charge on any atom is 0.257 e. The van der Waals surface area contributed by atoms with E-state index in [1.807, 2.05) is 0 Å². The van der Waals surface area contributed by atoms with Crippen LogP contribution in [-0.2, 0) is 0 Å². The molecule has 0 nitrogen and oxygen atoms in total. The summed E-state index contributed by atoms with van der Waals surface area (Å²) in [4.78, 5) is 1.14. The maximum absolute atomic E-state index is 10.9. The van der Waals surface area contributed by atoms with Gasteiger partial charge in [-0.25, -0.2) is 8.78 Å². The van der Waals surface area contributed by atoms with Gasteiger partial charge in [0.15, 0.2) is 0 Å². The van der Waals surface area contributed by atoms with E-state index in [2.05, 4.69) is 29.1 Å². The second-order valence-electron chi connectivity index (χ2n) is 0.653. The van der Waals surface area contributed by atoms with Crippen molar-refractivity contribution in [1.82, 2.24) is 0 Å². The zero-order chi connectivity index (χ0) is 6.99. The third-order valence-corrected chi connectivity index (χ3v) is 0.523. The summed E-state index contributed by atoms with van der Waals surface area (Å²) in [7, 11) is 0. The lowest BCUT2D eigenvalue weighted by Crippen LogP contribution is -1.75. The first kappa shape index (κ1) is 10.7. The lowest BCUT2D eigenvalue weighted by molar-refractivity contribution is 0.204. The van der Waals surface area contributed by atoms with E-state index in [1.54, 1.807) is 0 Å². The number of hydrogen-bond donors (Lipinski definition) is 0. The van der Waals surface area contributed by atoms with E-state index in [9.17, 15) is 8.78 Å². The predicted octanol–water partition coefficient (Wildman–Crippen LogP) is 2.96. The number of halogens is 3. The Morgan fingerprint density at radius 3 is 1.75 bits per heavy atom. The standard InChI is InChI=1S/C3H3BrF2.C2H4/c4-2-1-3(5)6;1-2/h1-3H;1-2H2. The summed E-state index contributed by atoms with van der Waals surface area (Å²) in [5.74, 6) is 0.